The van der Waals surface area contributed by atoms with Crippen LogP contribution < -0.4 is 16.4 Å². The molecule has 1 rings (SSSR count). The van der Waals surface area contributed by atoms with Crippen LogP contribution in [0.2, 0.25) is 0 Å². The van der Waals surface area contributed by atoms with E-state index < -0.39 is 6.03 Å². The normalized spacial score (nSPS) is 11.9. The van der Waals surface area contributed by atoms with Crippen molar-refractivity contribution in [3.05, 3.63) is 24.3 Å². The predicted octanol–water partition coefficient (Wildman–Crippen LogP) is 2.78. The molecule has 0 aromatic heterocycles. The molecule has 0 bridgehead atoms. The van der Waals surface area contributed by atoms with Crippen LogP contribution >= 0.6 is 0 Å². The average molecular weight is 221 g/mol. The molecule has 1 aromatic carbocycles. The summed E-state index contributed by atoms with van der Waals surface area (Å²) in [7, 11) is 0. The molecule has 4 heteroatoms. The number of carbonyl (C=O) groups excluding carboxylic acids is 1. The Labute approximate surface area is 96.2 Å². The molecule has 2 amide bonds. The van der Waals surface area contributed by atoms with Crippen molar-refractivity contribution < 1.29 is 4.79 Å². The van der Waals surface area contributed by atoms with Crippen molar-refractivity contribution in [1.82, 2.24) is 0 Å². The Balaban J connectivity index is 2.63. The van der Waals surface area contributed by atoms with Gasteiger partial charge in [0, 0.05) is 17.4 Å². The van der Waals surface area contributed by atoms with Gasteiger partial charge in [0.2, 0.25) is 0 Å². The number of amides is 2. The fourth-order valence-electron chi connectivity index (χ4n) is 1.62. The SMILES string of the molecule is CCCC(C)Nc1cccc(NC(N)=O)c1. The van der Waals surface area contributed by atoms with Crippen molar-refractivity contribution >= 4 is 17.4 Å². The van der Waals surface area contributed by atoms with Crippen molar-refractivity contribution in [1.29, 1.82) is 0 Å². The third-order valence-corrected chi connectivity index (χ3v) is 2.26. The van der Waals surface area contributed by atoms with E-state index in [1.54, 1.807) is 6.07 Å². The number of rotatable bonds is 5. The third-order valence-electron chi connectivity index (χ3n) is 2.26. The summed E-state index contributed by atoms with van der Waals surface area (Å²) in [5.74, 6) is 0. The highest BCUT2D eigenvalue weighted by Crippen LogP contribution is 2.16. The van der Waals surface area contributed by atoms with Gasteiger partial charge in [-0.05, 0) is 31.5 Å². The van der Waals surface area contributed by atoms with E-state index in [9.17, 15) is 4.79 Å². The smallest absolute Gasteiger partial charge is 0.316 e. The fraction of sp³-hybridized carbons (Fsp3) is 0.417. The number of nitrogens with two attached hydrogens (primary N) is 1. The van der Waals surface area contributed by atoms with Crippen LogP contribution in [0.4, 0.5) is 16.2 Å². The van der Waals surface area contributed by atoms with Crippen LogP contribution in [0.25, 0.3) is 0 Å². The number of urea groups is 1. The summed E-state index contributed by atoms with van der Waals surface area (Å²) in [5, 5.41) is 5.91. The number of benzene rings is 1. The molecule has 0 heterocycles. The molecule has 4 N–H and O–H groups in total. The first-order valence-electron chi connectivity index (χ1n) is 5.55. The highest BCUT2D eigenvalue weighted by atomic mass is 16.2. The van der Waals surface area contributed by atoms with Gasteiger partial charge in [0.1, 0.15) is 0 Å². The van der Waals surface area contributed by atoms with Crippen LogP contribution in [0, 0.1) is 0 Å². The molecular formula is C12H19N3O. The third kappa shape index (κ3) is 4.21. The van der Waals surface area contributed by atoms with E-state index >= 15 is 0 Å². The number of primary amides is 1. The minimum atomic E-state index is -0.543. The summed E-state index contributed by atoms with van der Waals surface area (Å²) < 4.78 is 0. The maximum absolute atomic E-state index is 10.7. The Morgan fingerprint density at radius 2 is 2.12 bits per heavy atom. The molecule has 1 atom stereocenters. The molecule has 4 nitrogen and oxygen atoms in total. The molecule has 0 aliphatic rings. The van der Waals surface area contributed by atoms with E-state index in [-0.39, 0.29) is 0 Å². The first-order valence-corrected chi connectivity index (χ1v) is 5.55. The summed E-state index contributed by atoms with van der Waals surface area (Å²) in [6.45, 7) is 4.29. The van der Waals surface area contributed by atoms with Crippen molar-refractivity contribution in [2.24, 2.45) is 5.73 Å². The van der Waals surface area contributed by atoms with E-state index in [2.05, 4.69) is 24.5 Å². The van der Waals surface area contributed by atoms with E-state index in [1.165, 1.54) is 0 Å². The summed E-state index contributed by atoms with van der Waals surface area (Å²) >= 11 is 0. The molecule has 0 fully saturated rings. The monoisotopic (exact) mass is 221 g/mol. The van der Waals surface area contributed by atoms with E-state index in [0.29, 0.717) is 11.7 Å². The lowest BCUT2D eigenvalue weighted by molar-refractivity contribution is 0.259. The second kappa shape index (κ2) is 6.00. The fourth-order valence-corrected chi connectivity index (χ4v) is 1.62. The Morgan fingerprint density at radius 1 is 1.44 bits per heavy atom. The topological polar surface area (TPSA) is 67.2 Å². The quantitative estimate of drug-likeness (QED) is 0.715. The molecule has 1 unspecified atom stereocenters. The standard InChI is InChI=1S/C12H19N3O/c1-3-5-9(2)14-10-6-4-7-11(8-10)15-12(13)16/h4,6-9,14H,3,5H2,1-2H3,(H3,13,15,16). The molecule has 88 valence electrons. The lowest BCUT2D eigenvalue weighted by Crippen LogP contribution is -2.19. The van der Waals surface area contributed by atoms with Gasteiger partial charge >= 0.3 is 6.03 Å². The van der Waals surface area contributed by atoms with Gasteiger partial charge < -0.3 is 16.4 Å². The van der Waals surface area contributed by atoms with Crippen molar-refractivity contribution in [3.8, 4) is 0 Å². The van der Waals surface area contributed by atoms with Crippen LogP contribution in [0.5, 0.6) is 0 Å². The number of hydrogen-bond donors (Lipinski definition) is 3. The highest BCUT2D eigenvalue weighted by molar-refractivity contribution is 5.88. The number of carbonyl (C=O) groups is 1. The zero-order valence-corrected chi connectivity index (χ0v) is 9.79. The maximum atomic E-state index is 10.7. The number of anilines is 2. The van der Waals surface area contributed by atoms with Crippen LogP contribution in [0.1, 0.15) is 26.7 Å². The van der Waals surface area contributed by atoms with Crippen LogP contribution in [0.15, 0.2) is 24.3 Å². The highest BCUT2D eigenvalue weighted by Gasteiger charge is 2.02. The number of hydrogen-bond acceptors (Lipinski definition) is 2. The van der Waals surface area contributed by atoms with Gasteiger partial charge in [-0.25, -0.2) is 4.79 Å². The Bertz CT molecular complexity index is 352. The van der Waals surface area contributed by atoms with E-state index in [1.807, 2.05) is 18.2 Å². The molecular weight excluding hydrogens is 202 g/mol. The summed E-state index contributed by atoms with van der Waals surface area (Å²) in [5.41, 5.74) is 6.76. The van der Waals surface area contributed by atoms with Gasteiger partial charge in [-0.2, -0.15) is 0 Å². The van der Waals surface area contributed by atoms with Gasteiger partial charge in [0.25, 0.3) is 0 Å². The van der Waals surface area contributed by atoms with Gasteiger partial charge in [-0.1, -0.05) is 19.4 Å². The zero-order chi connectivity index (χ0) is 12.0. The predicted molar refractivity (Wildman–Crippen MR) is 67.6 cm³/mol. The van der Waals surface area contributed by atoms with Crippen molar-refractivity contribution in [3.63, 3.8) is 0 Å². The lowest BCUT2D eigenvalue weighted by Gasteiger charge is -2.15. The van der Waals surface area contributed by atoms with Crippen molar-refractivity contribution in [2.45, 2.75) is 32.7 Å². The van der Waals surface area contributed by atoms with Crippen LogP contribution in [0.3, 0.4) is 0 Å². The Hall–Kier alpha value is -1.71. The molecule has 0 spiro atoms. The van der Waals surface area contributed by atoms with Gasteiger partial charge in [0.05, 0.1) is 0 Å². The molecule has 0 saturated heterocycles. The largest absolute Gasteiger partial charge is 0.383 e. The van der Waals surface area contributed by atoms with Gasteiger partial charge in [-0.15, -0.1) is 0 Å². The summed E-state index contributed by atoms with van der Waals surface area (Å²) in [6.07, 6.45) is 2.26. The first-order chi connectivity index (χ1) is 7.61. The van der Waals surface area contributed by atoms with Gasteiger partial charge in [-0.3, -0.25) is 0 Å². The van der Waals surface area contributed by atoms with Gasteiger partial charge in [0.15, 0.2) is 0 Å². The van der Waals surface area contributed by atoms with E-state index in [4.69, 9.17) is 5.73 Å². The number of nitrogens with one attached hydrogen (secondary N) is 2. The lowest BCUT2D eigenvalue weighted by atomic mass is 10.2. The minimum Gasteiger partial charge on any atom is -0.383 e. The average Bonchev–Trinajstić information content (AvgIpc) is 2.17. The first kappa shape index (κ1) is 12.4. The Kier molecular flexibility index (Phi) is 4.64. The minimum absolute atomic E-state index is 0.425. The molecule has 0 saturated carbocycles. The second-order valence-corrected chi connectivity index (χ2v) is 3.90. The van der Waals surface area contributed by atoms with Crippen LogP contribution in [-0.2, 0) is 0 Å². The van der Waals surface area contributed by atoms with E-state index in [0.717, 1.165) is 18.5 Å². The Morgan fingerprint density at radius 3 is 2.75 bits per heavy atom. The molecule has 0 aliphatic carbocycles. The molecule has 0 aliphatic heterocycles. The maximum Gasteiger partial charge on any atom is 0.316 e. The zero-order valence-electron chi connectivity index (χ0n) is 9.79. The summed E-state index contributed by atoms with van der Waals surface area (Å²) in [6, 6.07) is 7.41. The second-order valence-electron chi connectivity index (χ2n) is 3.90. The molecule has 16 heavy (non-hydrogen) atoms. The molecule has 1 aromatic rings. The van der Waals surface area contributed by atoms with Crippen molar-refractivity contribution in [2.75, 3.05) is 10.6 Å². The molecule has 0 radical (unpaired) electrons. The summed E-state index contributed by atoms with van der Waals surface area (Å²) in [4.78, 5) is 10.7. The van der Waals surface area contributed by atoms with Crippen LogP contribution in [-0.4, -0.2) is 12.1 Å².